The number of nitrogens with one attached hydrogen (secondary N) is 1. The molecule has 4 heteroatoms. The SMILES string of the molecule is O=C(NCCC1=CCCCC1)c1ccc2c(c1)N(Cc1ccccc1)CCS2. The number of allylic oxidation sites excluding steroid dienone is 1. The molecule has 28 heavy (non-hydrogen) atoms. The molecule has 0 atom stereocenters. The summed E-state index contributed by atoms with van der Waals surface area (Å²) in [6.45, 7) is 2.61. The number of hydrogen-bond acceptors (Lipinski definition) is 3. The standard InChI is InChI=1S/C24H28N2OS/c27-24(25-14-13-19-7-3-1-4-8-19)21-11-12-23-22(17-21)26(15-16-28-23)18-20-9-5-2-6-10-20/h2,5-7,9-12,17H,1,3-4,8,13-16,18H2,(H,25,27). The lowest BCUT2D eigenvalue weighted by Crippen LogP contribution is -2.30. The Balaban J connectivity index is 1.42. The minimum atomic E-state index is 0.0365. The minimum absolute atomic E-state index is 0.0365. The number of carbonyl (C=O) groups is 1. The smallest absolute Gasteiger partial charge is 0.251 e. The Morgan fingerprint density at radius 1 is 1.11 bits per heavy atom. The van der Waals surface area contributed by atoms with Crippen LogP contribution in [0, 0.1) is 0 Å². The highest BCUT2D eigenvalue weighted by Gasteiger charge is 2.19. The van der Waals surface area contributed by atoms with E-state index < -0.39 is 0 Å². The average Bonchev–Trinajstić information content (AvgIpc) is 2.75. The first-order chi connectivity index (χ1) is 13.8. The third kappa shape index (κ3) is 4.79. The van der Waals surface area contributed by atoms with Crippen molar-refractivity contribution in [3.05, 3.63) is 71.3 Å². The molecular weight excluding hydrogens is 364 g/mol. The van der Waals surface area contributed by atoms with Crippen LogP contribution in [0.25, 0.3) is 0 Å². The molecule has 4 rings (SSSR count). The zero-order valence-electron chi connectivity index (χ0n) is 16.3. The zero-order chi connectivity index (χ0) is 19.2. The van der Waals surface area contributed by atoms with Crippen molar-refractivity contribution in [3.8, 4) is 0 Å². The van der Waals surface area contributed by atoms with Gasteiger partial charge in [-0.15, -0.1) is 11.8 Å². The van der Waals surface area contributed by atoms with Crippen LogP contribution in [-0.4, -0.2) is 24.7 Å². The Hall–Kier alpha value is -2.20. The summed E-state index contributed by atoms with van der Waals surface area (Å²) in [4.78, 5) is 16.3. The summed E-state index contributed by atoms with van der Waals surface area (Å²) in [5, 5.41) is 3.11. The van der Waals surface area contributed by atoms with Crippen LogP contribution in [0.2, 0.25) is 0 Å². The molecule has 0 bridgehead atoms. The van der Waals surface area contributed by atoms with Gasteiger partial charge < -0.3 is 10.2 Å². The van der Waals surface area contributed by atoms with E-state index in [-0.39, 0.29) is 5.91 Å². The maximum Gasteiger partial charge on any atom is 0.251 e. The number of hydrogen-bond donors (Lipinski definition) is 1. The van der Waals surface area contributed by atoms with Crippen LogP contribution >= 0.6 is 11.8 Å². The van der Waals surface area contributed by atoms with E-state index in [4.69, 9.17) is 0 Å². The predicted octanol–water partition coefficient (Wildman–Crippen LogP) is 5.42. The van der Waals surface area contributed by atoms with Crippen LogP contribution in [-0.2, 0) is 6.54 Å². The van der Waals surface area contributed by atoms with E-state index in [1.54, 1.807) is 0 Å². The Morgan fingerprint density at radius 2 is 2.00 bits per heavy atom. The second-order valence-corrected chi connectivity index (χ2v) is 8.69. The molecule has 1 aliphatic heterocycles. The molecule has 2 aliphatic rings. The highest BCUT2D eigenvalue weighted by Crippen LogP contribution is 2.36. The molecule has 0 fully saturated rings. The average molecular weight is 393 g/mol. The number of fused-ring (bicyclic) bond motifs is 1. The quantitative estimate of drug-likeness (QED) is 0.666. The summed E-state index contributed by atoms with van der Waals surface area (Å²) in [6, 6.07) is 16.7. The molecule has 0 saturated carbocycles. The maximum absolute atomic E-state index is 12.7. The van der Waals surface area contributed by atoms with Crippen LogP contribution in [0.3, 0.4) is 0 Å². The molecule has 2 aromatic carbocycles. The van der Waals surface area contributed by atoms with Crippen molar-refractivity contribution >= 4 is 23.4 Å². The predicted molar refractivity (Wildman–Crippen MR) is 118 cm³/mol. The summed E-state index contributed by atoms with van der Waals surface area (Å²) in [5.74, 6) is 1.12. The number of carbonyl (C=O) groups excluding carboxylic acids is 1. The Kier molecular flexibility index (Phi) is 6.38. The fraction of sp³-hybridized carbons (Fsp3) is 0.375. The molecule has 1 aliphatic carbocycles. The largest absolute Gasteiger partial charge is 0.365 e. The van der Waals surface area contributed by atoms with Gasteiger partial charge in [-0.3, -0.25) is 4.79 Å². The van der Waals surface area contributed by atoms with E-state index >= 15 is 0 Å². The van der Waals surface area contributed by atoms with Gasteiger partial charge in [0.25, 0.3) is 5.91 Å². The molecule has 0 unspecified atom stereocenters. The van der Waals surface area contributed by atoms with Gasteiger partial charge in [0.1, 0.15) is 0 Å². The number of anilines is 1. The van der Waals surface area contributed by atoms with Gasteiger partial charge in [-0.2, -0.15) is 0 Å². The molecular formula is C24H28N2OS. The number of amides is 1. The Bertz CT molecular complexity index is 847. The van der Waals surface area contributed by atoms with Crippen LogP contribution in [0.1, 0.15) is 48.0 Å². The van der Waals surface area contributed by atoms with E-state index in [1.165, 1.54) is 47.4 Å². The van der Waals surface area contributed by atoms with E-state index in [0.717, 1.165) is 37.4 Å². The van der Waals surface area contributed by atoms with Crippen LogP contribution in [0.5, 0.6) is 0 Å². The van der Waals surface area contributed by atoms with Gasteiger partial charge in [0, 0.05) is 35.8 Å². The summed E-state index contributed by atoms with van der Waals surface area (Å²) in [7, 11) is 0. The Morgan fingerprint density at radius 3 is 2.82 bits per heavy atom. The van der Waals surface area contributed by atoms with Crippen LogP contribution in [0.4, 0.5) is 5.69 Å². The number of thioether (sulfide) groups is 1. The number of nitrogens with zero attached hydrogens (tertiary/aromatic N) is 1. The first kappa shape index (κ1) is 19.1. The lowest BCUT2D eigenvalue weighted by atomic mass is 9.97. The molecule has 3 nitrogen and oxygen atoms in total. The minimum Gasteiger partial charge on any atom is -0.365 e. The molecule has 1 amide bonds. The third-order valence-electron chi connectivity index (χ3n) is 5.51. The van der Waals surface area contributed by atoms with Gasteiger partial charge >= 0.3 is 0 Å². The van der Waals surface area contributed by atoms with Crippen molar-refractivity contribution in [2.24, 2.45) is 0 Å². The van der Waals surface area contributed by atoms with Gasteiger partial charge in [-0.1, -0.05) is 42.0 Å². The molecule has 146 valence electrons. The third-order valence-corrected chi connectivity index (χ3v) is 6.56. The first-order valence-corrected chi connectivity index (χ1v) is 11.3. The van der Waals surface area contributed by atoms with Crippen molar-refractivity contribution in [1.29, 1.82) is 0 Å². The van der Waals surface area contributed by atoms with Crippen molar-refractivity contribution in [1.82, 2.24) is 5.32 Å². The van der Waals surface area contributed by atoms with Gasteiger partial charge in [-0.05, 0) is 55.9 Å². The number of benzene rings is 2. The molecule has 1 N–H and O–H groups in total. The molecule has 1 heterocycles. The fourth-order valence-electron chi connectivity index (χ4n) is 3.95. The normalized spacial score (nSPS) is 16.3. The Labute approximate surface area is 172 Å². The van der Waals surface area contributed by atoms with E-state index in [9.17, 15) is 4.79 Å². The fourth-order valence-corrected chi connectivity index (χ4v) is 4.98. The molecule has 2 aromatic rings. The second-order valence-electron chi connectivity index (χ2n) is 7.55. The van der Waals surface area contributed by atoms with Crippen LogP contribution in [0.15, 0.2) is 65.1 Å². The van der Waals surface area contributed by atoms with Crippen LogP contribution < -0.4 is 10.2 Å². The highest BCUT2D eigenvalue weighted by atomic mass is 32.2. The molecule has 0 radical (unpaired) electrons. The summed E-state index contributed by atoms with van der Waals surface area (Å²) >= 11 is 1.88. The van der Waals surface area contributed by atoms with Gasteiger partial charge in [-0.25, -0.2) is 0 Å². The first-order valence-electron chi connectivity index (χ1n) is 10.3. The summed E-state index contributed by atoms with van der Waals surface area (Å²) in [5.41, 5.74) is 4.75. The molecule has 0 saturated heterocycles. The van der Waals surface area contributed by atoms with Crippen molar-refractivity contribution < 1.29 is 4.79 Å². The van der Waals surface area contributed by atoms with E-state index in [2.05, 4.69) is 58.8 Å². The van der Waals surface area contributed by atoms with Crippen molar-refractivity contribution in [2.75, 3.05) is 23.7 Å². The van der Waals surface area contributed by atoms with Crippen molar-refractivity contribution in [3.63, 3.8) is 0 Å². The van der Waals surface area contributed by atoms with E-state index in [1.807, 2.05) is 17.8 Å². The van der Waals surface area contributed by atoms with Gasteiger partial charge in [0.2, 0.25) is 0 Å². The lowest BCUT2D eigenvalue weighted by Gasteiger charge is -2.31. The van der Waals surface area contributed by atoms with Crippen molar-refractivity contribution in [2.45, 2.75) is 43.5 Å². The van der Waals surface area contributed by atoms with Gasteiger partial charge in [0.15, 0.2) is 0 Å². The monoisotopic (exact) mass is 392 g/mol. The highest BCUT2D eigenvalue weighted by molar-refractivity contribution is 7.99. The van der Waals surface area contributed by atoms with Gasteiger partial charge in [0.05, 0.1) is 5.69 Å². The van der Waals surface area contributed by atoms with E-state index in [0.29, 0.717) is 0 Å². The maximum atomic E-state index is 12.7. The molecule has 0 spiro atoms. The topological polar surface area (TPSA) is 32.3 Å². The summed E-state index contributed by atoms with van der Waals surface area (Å²) < 4.78 is 0. The zero-order valence-corrected chi connectivity index (χ0v) is 17.1. The molecule has 0 aromatic heterocycles. The lowest BCUT2D eigenvalue weighted by molar-refractivity contribution is 0.0954. The summed E-state index contributed by atoms with van der Waals surface area (Å²) in [6.07, 6.45) is 8.32. The number of rotatable bonds is 6. The second kappa shape index (κ2) is 9.33.